The van der Waals surface area contributed by atoms with E-state index < -0.39 is 23.8 Å². The van der Waals surface area contributed by atoms with Crippen LogP contribution in [0.2, 0.25) is 0 Å². The Balaban J connectivity index is 2.72. The first-order valence-corrected chi connectivity index (χ1v) is 4.58. The summed E-state index contributed by atoms with van der Waals surface area (Å²) in [5, 5.41) is 17.6. The first-order chi connectivity index (χ1) is 6.13. The summed E-state index contributed by atoms with van der Waals surface area (Å²) in [5.41, 5.74) is 0. The van der Waals surface area contributed by atoms with Gasteiger partial charge in [0.25, 0.3) is 0 Å². The highest BCUT2D eigenvalue weighted by Crippen LogP contribution is 2.29. The Bertz CT molecular complexity index is 190. The number of hydrogen-bond donors (Lipinski definition) is 2. The second kappa shape index (κ2) is 4.25. The predicted molar refractivity (Wildman–Crippen MR) is 45.3 cm³/mol. The van der Waals surface area contributed by atoms with Crippen molar-refractivity contribution in [2.24, 2.45) is 11.8 Å². The normalized spacial score (nSPS) is 29.2. The first-order valence-electron chi connectivity index (χ1n) is 4.58. The van der Waals surface area contributed by atoms with E-state index in [2.05, 4.69) is 0 Å². The van der Waals surface area contributed by atoms with E-state index in [1.807, 2.05) is 0 Å². The van der Waals surface area contributed by atoms with Crippen LogP contribution in [0.1, 0.15) is 32.1 Å². The molecule has 4 nitrogen and oxygen atoms in total. The van der Waals surface area contributed by atoms with Gasteiger partial charge in [0.2, 0.25) is 0 Å². The molecule has 2 N–H and O–H groups in total. The highest BCUT2D eigenvalue weighted by atomic mass is 16.4. The molecule has 2 atom stereocenters. The zero-order chi connectivity index (χ0) is 9.84. The highest BCUT2D eigenvalue weighted by Gasteiger charge is 2.34. The summed E-state index contributed by atoms with van der Waals surface area (Å²) in [6.45, 7) is 0. The average Bonchev–Trinajstić information content (AvgIpc) is 2.27. The number of carboxylic acid groups (broad SMARTS) is 2. The monoisotopic (exact) mass is 186 g/mol. The van der Waals surface area contributed by atoms with Gasteiger partial charge in [0.1, 0.15) is 0 Å². The second-order valence-corrected chi connectivity index (χ2v) is 3.53. The van der Waals surface area contributed by atoms with Gasteiger partial charge in [0.05, 0.1) is 11.8 Å². The van der Waals surface area contributed by atoms with E-state index >= 15 is 0 Å². The molecule has 74 valence electrons. The lowest BCUT2D eigenvalue weighted by Crippen LogP contribution is -2.28. The molecule has 13 heavy (non-hydrogen) atoms. The lowest BCUT2D eigenvalue weighted by atomic mass is 9.88. The molecule has 0 aromatic heterocycles. The smallest absolute Gasteiger partial charge is 0.307 e. The summed E-state index contributed by atoms with van der Waals surface area (Å²) >= 11 is 0. The molecule has 0 saturated heterocycles. The Labute approximate surface area is 76.6 Å². The Morgan fingerprint density at radius 2 is 1.23 bits per heavy atom. The fourth-order valence-corrected chi connectivity index (χ4v) is 1.90. The van der Waals surface area contributed by atoms with Crippen LogP contribution in [0.3, 0.4) is 0 Å². The standard InChI is InChI=1S/C9H14O4/c10-8(11)6-4-2-1-3-5-7(6)9(12)13/h6-7H,1-5H2,(H,10,11)(H,12,13). The first kappa shape index (κ1) is 10.0. The molecular weight excluding hydrogens is 172 g/mol. The van der Waals surface area contributed by atoms with E-state index in [4.69, 9.17) is 10.2 Å². The lowest BCUT2D eigenvalue weighted by molar-refractivity contribution is -0.154. The molecule has 0 radical (unpaired) electrons. The van der Waals surface area contributed by atoms with E-state index in [0.717, 1.165) is 19.3 Å². The molecule has 1 aliphatic rings. The van der Waals surface area contributed by atoms with Crippen LogP contribution in [-0.4, -0.2) is 22.2 Å². The van der Waals surface area contributed by atoms with Gasteiger partial charge in [-0.05, 0) is 12.8 Å². The van der Waals surface area contributed by atoms with Crippen LogP contribution in [0.15, 0.2) is 0 Å². The molecule has 1 rings (SSSR count). The maximum absolute atomic E-state index is 10.8. The van der Waals surface area contributed by atoms with Gasteiger partial charge in [0, 0.05) is 0 Å². The topological polar surface area (TPSA) is 74.6 Å². The summed E-state index contributed by atoms with van der Waals surface area (Å²) in [4.78, 5) is 21.5. The van der Waals surface area contributed by atoms with Gasteiger partial charge in [-0.2, -0.15) is 0 Å². The van der Waals surface area contributed by atoms with E-state index in [0.29, 0.717) is 12.8 Å². The quantitative estimate of drug-likeness (QED) is 0.638. The van der Waals surface area contributed by atoms with Crippen molar-refractivity contribution in [2.45, 2.75) is 32.1 Å². The largest absolute Gasteiger partial charge is 0.481 e. The minimum Gasteiger partial charge on any atom is -0.481 e. The molecular formula is C9H14O4. The lowest BCUT2D eigenvalue weighted by Gasteiger charge is -2.16. The summed E-state index contributed by atoms with van der Waals surface area (Å²) in [6, 6.07) is 0. The Hall–Kier alpha value is -1.06. The van der Waals surface area contributed by atoms with Crippen LogP contribution in [0.25, 0.3) is 0 Å². The second-order valence-electron chi connectivity index (χ2n) is 3.53. The maximum Gasteiger partial charge on any atom is 0.307 e. The molecule has 1 saturated carbocycles. The Morgan fingerprint density at radius 1 is 0.846 bits per heavy atom. The molecule has 0 aromatic carbocycles. The van der Waals surface area contributed by atoms with Crippen molar-refractivity contribution in [1.29, 1.82) is 0 Å². The highest BCUT2D eigenvalue weighted by molar-refractivity contribution is 5.79. The van der Waals surface area contributed by atoms with E-state index in [1.54, 1.807) is 0 Å². The van der Waals surface area contributed by atoms with Crippen molar-refractivity contribution < 1.29 is 19.8 Å². The minimum absolute atomic E-state index is 0.506. The van der Waals surface area contributed by atoms with Crippen molar-refractivity contribution in [1.82, 2.24) is 0 Å². The minimum atomic E-state index is -0.964. The van der Waals surface area contributed by atoms with Gasteiger partial charge in [-0.15, -0.1) is 0 Å². The zero-order valence-electron chi connectivity index (χ0n) is 7.40. The third kappa shape index (κ3) is 2.44. The van der Waals surface area contributed by atoms with Crippen molar-refractivity contribution in [3.63, 3.8) is 0 Å². The predicted octanol–water partition coefficient (Wildman–Crippen LogP) is 1.35. The third-order valence-electron chi connectivity index (χ3n) is 2.65. The summed E-state index contributed by atoms with van der Waals surface area (Å²) in [6.07, 6.45) is 3.63. The van der Waals surface area contributed by atoms with E-state index in [9.17, 15) is 9.59 Å². The molecule has 0 spiro atoms. The van der Waals surface area contributed by atoms with Crippen molar-refractivity contribution in [2.75, 3.05) is 0 Å². The molecule has 1 fully saturated rings. The van der Waals surface area contributed by atoms with Gasteiger partial charge in [-0.25, -0.2) is 0 Å². The van der Waals surface area contributed by atoms with E-state index in [1.165, 1.54) is 0 Å². The van der Waals surface area contributed by atoms with Gasteiger partial charge in [-0.3, -0.25) is 9.59 Å². The number of carboxylic acids is 2. The SMILES string of the molecule is O=C(O)C1CCCCCC1C(=O)O. The molecule has 0 heterocycles. The van der Waals surface area contributed by atoms with Crippen LogP contribution in [0.4, 0.5) is 0 Å². The van der Waals surface area contributed by atoms with E-state index in [-0.39, 0.29) is 0 Å². The number of hydrogen-bond acceptors (Lipinski definition) is 2. The summed E-state index contributed by atoms with van der Waals surface area (Å²) < 4.78 is 0. The van der Waals surface area contributed by atoms with Crippen LogP contribution in [0, 0.1) is 11.8 Å². The molecule has 2 unspecified atom stereocenters. The van der Waals surface area contributed by atoms with Crippen molar-refractivity contribution >= 4 is 11.9 Å². The van der Waals surface area contributed by atoms with Gasteiger partial charge >= 0.3 is 11.9 Å². The Morgan fingerprint density at radius 3 is 1.54 bits per heavy atom. The number of carbonyl (C=O) groups is 2. The van der Waals surface area contributed by atoms with Gasteiger partial charge in [-0.1, -0.05) is 19.3 Å². The Kier molecular flexibility index (Phi) is 3.28. The van der Waals surface area contributed by atoms with Crippen LogP contribution < -0.4 is 0 Å². The maximum atomic E-state index is 10.8. The number of aliphatic carboxylic acids is 2. The van der Waals surface area contributed by atoms with Gasteiger partial charge < -0.3 is 10.2 Å². The molecule has 0 amide bonds. The number of rotatable bonds is 2. The summed E-state index contributed by atoms with van der Waals surface area (Å²) in [5.74, 6) is -3.29. The zero-order valence-corrected chi connectivity index (χ0v) is 7.40. The van der Waals surface area contributed by atoms with Crippen LogP contribution in [0.5, 0.6) is 0 Å². The van der Waals surface area contributed by atoms with Crippen LogP contribution >= 0.6 is 0 Å². The molecule has 4 heteroatoms. The molecule has 0 aromatic rings. The molecule has 0 bridgehead atoms. The molecule has 1 aliphatic carbocycles. The summed E-state index contributed by atoms with van der Waals surface area (Å²) in [7, 11) is 0. The van der Waals surface area contributed by atoms with Crippen LogP contribution in [-0.2, 0) is 9.59 Å². The van der Waals surface area contributed by atoms with Crippen molar-refractivity contribution in [3.05, 3.63) is 0 Å². The fourth-order valence-electron chi connectivity index (χ4n) is 1.90. The fraction of sp³-hybridized carbons (Fsp3) is 0.778. The van der Waals surface area contributed by atoms with Gasteiger partial charge in [0.15, 0.2) is 0 Å². The molecule has 0 aliphatic heterocycles. The third-order valence-corrected chi connectivity index (χ3v) is 2.65. The van der Waals surface area contributed by atoms with Crippen molar-refractivity contribution in [3.8, 4) is 0 Å². The average molecular weight is 186 g/mol.